The summed E-state index contributed by atoms with van der Waals surface area (Å²) in [6, 6.07) is 6.64. The molecule has 1 aromatic carbocycles. The van der Waals surface area contributed by atoms with E-state index in [0.717, 1.165) is 31.5 Å². The maximum atomic E-state index is 13.1. The second kappa shape index (κ2) is 7.74. The summed E-state index contributed by atoms with van der Waals surface area (Å²) in [5.41, 5.74) is 0.391. The lowest BCUT2D eigenvalue weighted by Gasteiger charge is -2.46. The zero-order chi connectivity index (χ0) is 18.8. The number of carbonyl (C=O) groups is 1. The minimum atomic E-state index is -0.476. The molecular formula is C19H27FN2O3S. The lowest BCUT2D eigenvalue weighted by Crippen LogP contribution is -2.55. The van der Waals surface area contributed by atoms with Gasteiger partial charge in [0.15, 0.2) is 0 Å². The van der Waals surface area contributed by atoms with Gasteiger partial charge in [-0.2, -0.15) is 0 Å². The minimum Gasteiger partial charge on any atom is -0.444 e. The van der Waals surface area contributed by atoms with Gasteiger partial charge >= 0.3 is 6.09 Å². The molecule has 0 aromatic heterocycles. The first-order valence-corrected chi connectivity index (χ1v) is 9.93. The fourth-order valence-electron chi connectivity index (χ4n) is 3.26. The number of carbonyl (C=O) groups excluding carboxylic acids is 1. The Morgan fingerprint density at radius 3 is 2.54 bits per heavy atom. The van der Waals surface area contributed by atoms with E-state index in [4.69, 9.17) is 9.47 Å². The van der Waals surface area contributed by atoms with Crippen molar-refractivity contribution in [2.45, 2.75) is 51.4 Å². The maximum absolute atomic E-state index is 13.1. The van der Waals surface area contributed by atoms with Gasteiger partial charge in [0.2, 0.25) is 0 Å². The summed E-state index contributed by atoms with van der Waals surface area (Å²) in [5, 5.41) is 0. The van der Waals surface area contributed by atoms with Gasteiger partial charge in [0.05, 0.1) is 5.60 Å². The predicted molar refractivity (Wildman–Crippen MR) is 100 cm³/mol. The number of likely N-dealkylation sites (tertiary alicyclic amines) is 1. The van der Waals surface area contributed by atoms with Crippen LogP contribution in [-0.2, 0) is 16.0 Å². The summed E-state index contributed by atoms with van der Waals surface area (Å²) >= 11 is 1.66. The van der Waals surface area contributed by atoms with Crippen LogP contribution in [0, 0.1) is 5.82 Å². The van der Waals surface area contributed by atoms with Gasteiger partial charge in [-0.15, -0.1) is 0 Å². The Bertz CT molecular complexity index is 625. The van der Waals surface area contributed by atoms with Crippen molar-refractivity contribution in [2.75, 3.05) is 25.6 Å². The van der Waals surface area contributed by atoms with Crippen LogP contribution >= 0.6 is 11.9 Å². The van der Waals surface area contributed by atoms with Crippen LogP contribution in [-0.4, -0.2) is 52.1 Å². The zero-order valence-electron chi connectivity index (χ0n) is 15.7. The highest BCUT2D eigenvalue weighted by Crippen LogP contribution is 2.36. The average molecular weight is 383 g/mol. The molecule has 2 aliphatic heterocycles. The van der Waals surface area contributed by atoms with Crippen molar-refractivity contribution in [3.63, 3.8) is 0 Å². The fourth-order valence-corrected chi connectivity index (χ4v) is 4.28. The number of rotatable bonds is 2. The lowest BCUT2D eigenvalue weighted by atomic mass is 9.91. The number of ether oxygens (including phenoxy) is 2. The molecule has 5 nitrogen and oxygen atoms in total. The van der Waals surface area contributed by atoms with Gasteiger partial charge in [-0.25, -0.2) is 13.5 Å². The molecule has 1 aromatic rings. The Balaban J connectivity index is 1.54. The lowest BCUT2D eigenvalue weighted by molar-refractivity contribution is -0.0836. The number of halogens is 1. The van der Waals surface area contributed by atoms with Crippen molar-refractivity contribution in [2.24, 2.45) is 0 Å². The van der Waals surface area contributed by atoms with E-state index in [1.807, 2.05) is 32.9 Å². The van der Waals surface area contributed by atoms with Crippen molar-refractivity contribution < 1.29 is 18.7 Å². The highest BCUT2D eigenvalue weighted by Gasteiger charge is 2.41. The van der Waals surface area contributed by atoms with E-state index in [9.17, 15) is 9.18 Å². The summed E-state index contributed by atoms with van der Waals surface area (Å²) in [6.45, 7) is 8.48. The molecule has 26 heavy (non-hydrogen) atoms. The summed E-state index contributed by atoms with van der Waals surface area (Å²) in [4.78, 5) is 14.0. The van der Waals surface area contributed by atoms with Crippen molar-refractivity contribution in [3.05, 3.63) is 35.6 Å². The topological polar surface area (TPSA) is 42.0 Å². The molecule has 2 heterocycles. The molecule has 0 atom stereocenters. The maximum Gasteiger partial charge on any atom is 0.410 e. The molecule has 0 unspecified atom stereocenters. The van der Waals surface area contributed by atoms with Crippen molar-refractivity contribution in [1.82, 2.24) is 9.21 Å². The van der Waals surface area contributed by atoms with Crippen molar-refractivity contribution in [3.8, 4) is 0 Å². The number of nitrogens with zero attached hydrogens (tertiary/aromatic N) is 2. The third-order valence-electron chi connectivity index (χ3n) is 4.66. The van der Waals surface area contributed by atoms with E-state index >= 15 is 0 Å². The Kier molecular flexibility index (Phi) is 5.79. The molecule has 2 saturated heterocycles. The first-order chi connectivity index (χ1) is 12.2. The molecule has 0 N–H and O–H groups in total. The third kappa shape index (κ3) is 5.11. The minimum absolute atomic E-state index is 0.214. The quantitative estimate of drug-likeness (QED) is 0.723. The zero-order valence-corrected chi connectivity index (χ0v) is 16.5. The smallest absolute Gasteiger partial charge is 0.410 e. The van der Waals surface area contributed by atoms with E-state index < -0.39 is 5.60 Å². The molecule has 1 amide bonds. The van der Waals surface area contributed by atoms with Crippen LogP contribution in [0.2, 0.25) is 0 Å². The number of amides is 1. The Morgan fingerprint density at radius 2 is 1.92 bits per heavy atom. The predicted octanol–water partition coefficient (Wildman–Crippen LogP) is 4.03. The van der Waals surface area contributed by atoms with Crippen LogP contribution < -0.4 is 0 Å². The van der Waals surface area contributed by atoms with Gasteiger partial charge in [0, 0.05) is 26.2 Å². The molecule has 0 saturated carbocycles. The van der Waals surface area contributed by atoms with Crippen LogP contribution in [0.25, 0.3) is 0 Å². The van der Waals surface area contributed by atoms with Gasteiger partial charge < -0.3 is 14.4 Å². The summed E-state index contributed by atoms with van der Waals surface area (Å²) in [6.07, 6.45) is 1.35. The molecule has 0 aliphatic carbocycles. The number of hydrogen-bond acceptors (Lipinski definition) is 5. The second-order valence-electron chi connectivity index (χ2n) is 7.97. The molecule has 7 heteroatoms. The van der Waals surface area contributed by atoms with Gasteiger partial charge in [-0.3, -0.25) is 0 Å². The Hall–Kier alpha value is -1.31. The molecule has 0 bridgehead atoms. The number of hydrogen-bond donors (Lipinski definition) is 0. The van der Waals surface area contributed by atoms with Gasteiger partial charge in [0.25, 0.3) is 0 Å². The van der Waals surface area contributed by atoms with Crippen LogP contribution in [0.5, 0.6) is 0 Å². The number of piperidine rings is 1. The standard InChI is InChI=1S/C19H27FN2O3S/c1-18(2,3)25-17(23)21-10-8-19(9-11-21)13-22(26-14-24-19)12-15-4-6-16(20)7-5-15/h4-7H,8-14H2,1-3H3. The van der Waals surface area contributed by atoms with Crippen LogP contribution in [0.4, 0.5) is 9.18 Å². The largest absolute Gasteiger partial charge is 0.444 e. The highest BCUT2D eigenvalue weighted by molar-refractivity contribution is 7.96. The molecule has 2 aliphatic rings. The third-order valence-corrected chi connectivity index (χ3v) is 5.51. The van der Waals surface area contributed by atoms with Crippen LogP contribution in [0.1, 0.15) is 39.2 Å². The van der Waals surface area contributed by atoms with Crippen LogP contribution in [0.15, 0.2) is 24.3 Å². The van der Waals surface area contributed by atoms with Gasteiger partial charge in [-0.1, -0.05) is 12.1 Å². The van der Waals surface area contributed by atoms with E-state index in [0.29, 0.717) is 19.0 Å². The SMILES string of the molecule is CC(C)(C)OC(=O)N1CCC2(CC1)CN(Cc1ccc(F)cc1)SCO2. The summed E-state index contributed by atoms with van der Waals surface area (Å²) < 4.78 is 26.9. The molecule has 0 radical (unpaired) electrons. The second-order valence-corrected chi connectivity index (χ2v) is 8.98. The first kappa shape index (κ1) is 19.5. The first-order valence-electron chi connectivity index (χ1n) is 8.99. The van der Waals surface area contributed by atoms with E-state index in [1.54, 1.807) is 16.8 Å². The Morgan fingerprint density at radius 1 is 1.27 bits per heavy atom. The molecule has 1 spiro atoms. The monoisotopic (exact) mass is 382 g/mol. The van der Waals surface area contributed by atoms with Gasteiger partial charge in [-0.05, 0) is 63.3 Å². The normalized spacial score (nSPS) is 21.0. The van der Waals surface area contributed by atoms with Crippen LogP contribution in [0.3, 0.4) is 0 Å². The van der Waals surface area contributed by atoms with Crippen molar-refractivity contribution >= 4 is 18.0 Å². The van der Waals surface area contributed by atoms with Crippen molar-refractivity contribution in [1.29, 1.82) is 0 Å². The molecule has 2 fully saturated rings. The molecular weight excluding hydrogens is 355 g/mol. The average Bonchev–Trinajstić information content (AvgIpc) is 2.56. The fraction of sp³-hybridized carbons (Fsp3) is 0.632. The number of benzene rings is 1. The van der Waals surface area contributed by atoms with E-state index in [2.05, 4.69) is 4.31 Å². The Labute approximate surface area is 158 Å². The summed E-state index contributed by atoms with van der Waals surface area (Å²) in [7, 11) is 0. The van der Waals surface area contributed by atoms with E-state index in [1.165, 1.54) is 12.1 Å². The van der Waals surface area contributed by atoms with E-state index in [-0.39, 0.29) is 17.5 Å². The molecule has 144 valence electrons. The van der Waals surface area contributed by atoms with Gasteiger partial charge in [0.1, 0.15) is 17.4 Å². The molecule has 3 rings (SSSR count). The highest BCUT2D eigenvalue weighted by atomic mass is 32.2. The summed E-state index contributed by atoms with van der Waals surface area (Å²) in [5.74, 6) is 0.391.